The number of aromatic nitrogens is 2. The summed E-state index contributed by atoms with van der Waals surface area (Å²) >= 11 is 0. The third kappa shape index (κ3) is 5.21. The van der Waals surface area contributed by atoms with Crippen LogP contribution in [-0.2, 0) is 11.8 Å². The Morgan fingerprint density at radius 1 is 1.40 bits per heavy atom. The van der Waals surface area contributed by atoms with Crippen molar-refractivity contribution in [2.24, 2.45) is 7.05 Å². The Morgan fingerprint density at radius 3 is 2.64 bits per heavy atom. The third-order valence-corrected chi connectivity index (χ3v) is 3.44. The van der Waals surface area contributed by atoms with E-state index in [1.807, 2.05) is 0 Å². The molecule has 6 nitrogen and oxygen atoms in total. The number of alkyl halides is 3. The summed E-state index contributed by atoms with van der Waals surface area (Å²) in [5.41, 5.74) is 1.65. The van der Waals surface area contributed by atoms with Gasteiger partial charge in [0.05, 0.1) is 6.20 Å². The van der Waals surface area contributed by atoms with E-state index in [4.69, 9.17) is 4.74 Å². The Hall–Kier alpha value is -2.55. The second-order valence-electron chi connectivity index (χ2n) is 5.54. The van der Waals surface area contributed by atoms with Crippen molar-refractivity contribution in [1.29, 1.82) is 0 Å². The summed E-state index contributed by atoms with van der Waals surface area (Å²) in [5, 5.41) is 9.65. The lowest BCUT2D eigenvalue weighted by atomic mass is 10.1. The van der Waals surface area contributed by atoms with Gasteiger partial charge in [-0.15, -0.1) is 0 Å². The number of hydrogen-bond acceptors (Lipinski definition) is 4. The van der Waals surface area contributed by atoms with Crippen LogP contribution in [0.3, 0.4) is 0 Å². The predicted octanol–water partition coefficient (Wildman–Crippen LogP) is 2.57. The largest absolute Gasteiger partial charge is 0.484 e. The molecule has 0 saturated carbocycles. The molecule has 0 aliphatic heterocycles. The lowest BCUT2D eigenvalue weighted by Gasteiger charge is -2.16. The molecule has 0 spiro atoms. The van der Waals surface area contributed by atoms with Crippen LogP contribution in [0.25, 0.3) is 0 Å². The van der Waals surface area contributed by atoms with Gasteiger partial charge in [-0.3, -0.25) is 9.48 Å². The highest BCUT2D eigenvalue weighted by Gasteiger charge is 2.28. The van der Waals surface area contributed by atoms with E-state index in [-0.39, 0.29) is 11.7 Å². The fourth-order valence-electron chi connectivity index (χ4n) is 2.30. The number of benzene rings is 1. The molecule has 9 heteroatoms. The van der Waals surface area contributed by atoms with Crippen LogP contribution in [0.4, 0.5) is 18.9 Å². The van der Waals surface area contributed by atoms with Gasteiger partial charge in [0.15, 0.2) is 6.61 Å². The number of nitrogens with one attached hydrogen (secondary N) is 2. The SMILES string of the molecule is CNC(C(=O)Nc1ccc(OCC(F)(F)F)c(C)c1)c1cnn(C)c1. The van der Waals surface area contributed by atoms with E-state index < -0.39 is 18.8 Å². The van der Waals surface area contributed by atoms with Crippen LogP contribution >= 0.6 is 0 Å². The number of nitrogens with zero attached hydrogens (tertiary/aromatic N) is 2. The zero-order valence-corrected chi connectivity index (χ0v) is 14.0. The summed E-state index contributed by atoms with van der Waals surface area (Å²) < 4.78 is 43.0. The van der Waals surface area contributed by atoms with E-state index in [0.717, 1.165) is 0 Å². The highest BCUT2D eigenvalue weighted by Crippen LogP contribution is 2.25. The molecule has 0 fully saturated rings. The van der Waals surface area contributed by atoms with Crippen molar-refractivity contribution < 1.29 is 22.7 Å². The van der Waals surface area contributed by atoms with Crippen LogP contribution in [-0.4, -0.2) is 35.5 Å². The smallest absolute Gasteiger partial charge is 0.422 e. The second kappa shape index (κ2) is 7.56. The number of carbonyl (C=O) groups is 1. The number of amides is 1. The minimum absolute atomic E-state index is 0.118. The van der Waals surface area contributed by atoms with Crippen molar-refractivity contribution in [3.63, 3.8) is 0 Å². The molecule has 25 heavy (non-hydrogen) atoms. The van der Waals surface area contributed by atoms with Crippen molar-refractivity contribution in [3.05, 3.63) is 41.7 Å². The molecule has 0 aliphatic rings. The summed E-state index contributed by atoms with van der Waals surface area (Å²) in [5.74, 6) is -0.188. The highest BCUT2D eigenvalue weighted by atomic mass is 19.4. The van der Waals surface area contributed by atoms with Crippen molar-refractivity contribution in [2.75, 3.05) is 19.0 Å². The summed E-state index contributed by atoms with van der Waals surface area (Å²) in [4.78, 5) is 12.4. The average molecular weight is 356 g/mol. The standard InChI is InChI=1S/C16H19F3N4O2/c1-10-6-12(4-5-13(10)25-9-16(17,18)19)22-15(24)14(20-2)11-7-21-23(3)8-11/h4-8,14,20H,9H2,1-3H3,(H,22,24). The molecule has 2 N–H and O–H groups in total. The molecular weight excluding hydrogens is 337 g/mol. The van der Waals surface area contributed by atoms with Crippen LogP contribution < -0.4 is 15.4 Å². The normalized spacial score (nSPS) is 12.7. The molecular formula is C16H19F3N4O2. The minimum atomic E-state index is -4.40. The van der Waals surface area contributed by atoms with E-state index in [1.165, 1.54) is 12.1 Å². The number of carbonyl (C=O) groups excluding carboxylic acids is 1. The van der Waals surface area contributed by atoms with Crippen LogP contribution in [0.2, 0.25) is 0 Å². The Bertz CT molecular complexity index is 743. The zero-order chi connectivity index (χ0) is 18.6. The van der Waals surface area contributed by atoms with Crippen LogP contribution in [0.1, 0.15) is 17.2 Å². The molecule has 1 unspecified atom stereocenters. The molecule has 0 radical (unpaired) electrons. The zero-order valence-electron chi connectivity index (χ0n) is 14.0. The summed E-state index contributed by atoms with van der Waals surface area (Å²) in [6.45, 7) is 0.250. The van der Waals surface area contributed by atoms with Gasteiger partial charge in [-0.25, -0.2) is 0 Å². The molecule has 0 bridgehead atoms. The number of anilines is 1. The van der Waals surface area contributed by atoms with E-state index >= 15 is 0 Å². The fourth-order valence-corrected chi connectivity index (χ4v) is 2.30. The van der Waals surface area contributed by atoms with Gasteiger partial charge in [-0.05, 0) is 37.7 Å². The number of ether oxygens (including phenoxy) is 1. The van der Waals surface area contributed by atoms with Gasteiger partial charge in [0.2, 0.25) is 5.91 Å². The first-order valence-corrected chi connectivity index (χ1v) is 7.46. The van der Waals surface area contributed by atoms with Crippen LogP contribution in [0, 0.1) is 6.92 Å². The lowest BCUT2D eigenvalue weighted by Crippen LogP contribution is -2.30. The topological polar surface area (TPSA) is 68.2 Å². The first-order valence-electron chi connectivity index (χ1n) is 7.46. The van der Waals surface area contributed by atoms with Gasteiger partial charge in [0.1, 0.15) is 11.8 Å². The monoisotopic (exact) mass is 356 g/mol. The summed E-state index contributed by atoms with van der Waals surface area (Å²) in [6, 6.07) is 3.84. The summed E-state index contributed by atoms with van der Waals surface area (Å²) in [7, 11) is 3.40. The second-order valence-corrected chi connectivity index (χ2v) is 5.54. The van der Waals surface area contributed by atoms with E-state index in [2.05, 4.69) is 15.7 Å². The van der Waals surface area contributed by atoms with Gasteiger partial charge >= 0.3 is 6.18 Å². The van der Waals surface area contributed by atoms with Gasteiger partial charge in [-0.1, -0.05) is 0 Å². The van der Waals surface area contributed by atoms with Crippen LogP contribution in [0.5, 0.6) is 5.75 Å². The number of rotatable bonds is 6. The fraction of sp³-hybridized carbons (Fsp3) is 0.375. The van der Waals surface area contributed by atoms with Gasteiger partial charge < -0.3 is 15.4 Å². The third-order valence-electron chi connectivity index (χ3n) is 3.44. The van der Waals surface area contributed by atoms with Crippen LogP contribution in [0.15, 0.2) is 30.6 Å². The van der Waals surface area contributed by atoms with Gasteiger partial charge in [0, 0.05) is 24.5 Å². The summed E-state index contributed by atoms with van der Waals surface area (Å²) in [6.07, 6.45) is -1.09. The maximum absolute atomic E-state index is 12.4. The van der Waals surface area contributed by atoms with Gasteiger partial charge in [-0.2, -0.15) is 18.3 Å². The molecule has 1 aromatic carbocycles. The quantitative estimate of drug-likeness (QED) is 0.835. The number of likely N-dealkylation sites (N-methyl/N-ethyl adjacent to an activating group) is 1. The number of hydrogen-bond donors (Lipinski definition) is 2. The average Bonchev–Trinajstić information content (AvgIpc) is 2.92. The molecule has 0 aliphatic carbocycles. The first kappa shape index (κ1) is 18.8. The Kier molecular flexibility index (Phi) is 5.68. The van der Waals surface area contributed by atoms with Gasteiger partial charge in [0.25, 0.3) is 0 Å². The van der Waals surface area contributed by atoms with Crippen molar-refractivity contribution in [2.45, 2.75) is 19.1 Å². The maximum atomic E-state index is 12.4. The molecule has 1 aromatic heterocycles. The Morgan fingerprint density at radius 2 is 2.12 bits per heavy atom. The van der Waals surface area contributed by atoms with Crippen molar-refractivity contribution in [3.8, 4) is 5.75 Å². The number of halogens is 3. The first-order chi connectivity index (χ1) is 11.7. The van der Waals surface area contributed by atoms with Crippen molar-refractivity contribution >= 4 is 11.6 Å². The van der Waals surface area contributed by atoms with E-state index in [0.29, 0.717) is 16.8 Å². The molecule has 1 heterocycles. The van der Waals surface area contributed by atoms with Crippen molar-refractivity contribution in [1.82, 2.24) is 15.1 Å². The minimum Gasteiger partial charge on any atom is -0.484 e. The number of aryl methyl sites for hydroxylation is 2. The maximum Gasteiger partial charge on any atom is 0.422 e. The lowest BCUT2D eigenvalue weighted by molar-refractivity contribution is -0.153. The molecule has 0 saturated heterocycles. The highest BCUT2D eigenvalue weighted by molar-refractivity contribution is 5.95. The predicted molar refractivity (Wildman–Crippen MR) is 86.4 cm³/mol. The molecule has 136 valence electrons. The molecule has 2 rings (SSSR count). The molecule has 2 aromatic rings. The Labute approximate surface area is 143 Å². The molecule has 1 atom stereocenters. The van der Waals surface area contributed by atoms with E-state index in [1.54, 1.807) is 44.2 Å². The Balaban J connectivity index is 2.06. The molecule has 1 amide bonds. The van der Waals surface area contributed by atoms with E-state index in [9.17, 15) is 18.0 Å².